The number of aromatic nitrogens is 4. The minimum absolute atomic E-state index is 0.816. The van der Waals surface area contributed by atoms with Crippen molar-refractivity contribution in [2.45, 2.75) is 13.5 Å². The highest BCUT2D eigenvalue weighted by atomic mass is 32.1. The van der Waals surface area contributed by atoms with Gasteiger partial charge < -0.3 is 4.90 Å². The van der Waals surface area contributed by atoms with E-state index in [1.807, 2.05) is 24.5 Å². The zero-order valence-corrected chi connectivity index (χ0v) is 13.3. The second-order valence-corrected chi connectivity index (χ2v) is 6.61. The van der Waals surface area contributed by atoms with Gasteiger partial charge >= 0.3 is 0 Å². The first-order valence-corrected chi connectivity index (χ1v) is 8.35. The molecule has 22 heavy (non-hydrogen) atoms. The van der Waals surface area contributed by atoms with Gasteiger partial charge in [0.05, 0.1) is 11.9 Å². The molecule has 1 aliphatic heterocycles. The predicted molar refractivity (Wildman–Crippen MR) is 87.3 cm³/mol. The second kappa shape index (κ2) is 5.66. The third-order valence-corrected chi connectivity index (χ3v) is 4.96. The fourth-order valence-electron chi connectivity index (χ4n) is 2.85. The molecule has 0 saturated carbocycles. The van der Waals surface area contributed by atoms with Crippen LogP contribution in [0.2, 0.25) is 0 Å². The predicted octanol–water partition coefficient (Wildman–Crippen LogP) is 1.82. The number of hydrogen-bond acceptors (Lipinski definition) is 6. The number of rotatable bonds is 3. The summed E-state index contributed by atoms with van der Waals surface area (Å²) < 4.78 is 1.77. The van der Waals surface area contributed by atoms with Crippen molar-refractivity contribution < 1.29 is 0 Å². The molecule has 0 radical (unpaired) electrons. The molecule has 114 valence electrons. The van der Waals surface area contributed by atoms with Crippen molar-refractivity contribution in [2.75, 3.05) is 31.1 Å². The normalized spacial score (nSPS) is 16.5. The third-order valence-electron chi connectivity index (χ3n) is 4.10. The molecular weight excluding hydrogens is 296 g/mol. The highest BCUT2D eigenvalue weighted by Crippen LogP contribution is 2.19. The van der Waals surface area contributed by atoms with E-state index >= 15 is 0 Å². The minimum atomic E-state index is 0.816. The largest absolute Gasteiger partial charge is 0.368 e. The first-order chi connectivity index (χ1) is 10.8. The van der Waals surface area contributed by atoms with Crippen molar-refractivity contribution in [2.24, 2.45) is 0 Å². The molecule has 0 aliphatic carbocycles. The van der Waals surface area contributed by atoms with Crippen molar-refractivity contribution >= 4 is 22.7 Å². The van der Waals surface area contributed by atoms with Crippen LogP contribution < -0.4 is 4.90 Å². The zero-order valence-electron chi connectivity index (χ0n) is 12.5. The van der Waals surface area contributed by atoms with Crippen LogP contribution in [0, 0.1) is 6.92 Å². The molecular formula is C15H18N6S. The number of thiophene rings is 1. The first-order valence-electron chi connectivity index (χ1n) is 7.47. The Kier molecular flexibility index (Phi) is 3.51. The Hall–Kier alpha value is -1.99. The number of piperazine rings is 1. The molecule has 1 saturated heterocycles. The summed E-state index contributed by atoms with van der Waals surface area (Å²) in [7, 11) is 0. The van der Waals surface area contributed by atoms with Gasteiger partial charge in [0, 0.05) is 43.7 Å². The molecule has 3 aromatic heterocycles. The lowest BCUT2D eigenvalue weighted by atomic mass is 10.2. The van der Waals surface area contributed by atoms with Crippen molar-refractivity contribution in [1.82, 2.24) is 24.7 Å². The van der Waals surface area contributed by atoms with Crippen LogP contribution in [0.5, 0.6) is 0 Å². The van der Waals surface area contributed by atoms with Crippen molar-refractivity contribution in [3.63, 3.8) is 0 Å². The van der Waals surface area contributed by atoms with Gasteiger partial charge in [-0.05, 0) is 18.4 Å². The van der Waals surface area contributed by atoms with Crippen molar-refractivity contribution in [3.05, 3.63) is 40.5 Å². The SMILES string of the molecule is Cc1nnc2cc(N3CCN(Cc4cccs4)CC3)cnn12. The van der Waals surface area contributed by atoms with Gasteiger partial charge in [0.2, 0.25) is 0 Å². The summed E-state index contributed by atoms with van der Waals surface area (Å²) in [6.45, 7) is 7.18. The average molecular weight is 314 g/mol. The van der Waals surface area contributed by atoms with E-state index in [9.17, 15) is 0 Å². The molecule has 0 N–H and O–H groups in total. The number of hydrogen-bond donors (Lipinski definition) is 0. The molecule has 0 atom stereocenters. The summed E-state index contributed by atoms with van der Waals surface area (Å²) >= 11 is 1.83. The summed E-state index contributed by atoms with van der Waals surface area (Å²) in [5.41, 5.74) is 1.95. The second-order valence-electron chi connectivity index (χ2n) is 5.57. The maximum absolute atomic E-state index is 4.43. The van der Waals surface area contributed by atoms with Gasteiger partial charge in [-0.25, -0.2) is 0 Å². The molecule has 0 amide bonds. The fourth-order valence-corrected chi connectivity index (χ4v) is 3.60. The molecule has 1 aliphatic rings. The monoisotopic (exact) mass is 314 g/mol. The van der Waals surface area contributed by atoms with Crippen LogP contribution in [0.1, 0.15) is 10.7 Å². The Bertz CT molecular complexity index is 758. The fraction of sp³-hybridized carbons (Fsp3) is 0.400. The molecule has 4 heterocycles. The molecule has 0 aromatic carbocycles. The molecule has 6 nitrogen and oxygen atoms in total. The smallest absolute Gasteiger partial charge is 0.179 e. The van der Waals surface area contributed by atoms with Crippen LogP contribution in [0.4, 0.5) is 5.69 Å². The van der Waals surface area contributed by atoms with Crippen LogP contribution >= 0.6 is 11.3 Å². The Labute approximate surface area is 133 Å². The molecule has 0 bridgehead atoms. The van der Waals surface area contributed by atoms with Gasteiger partial charge in [-0.15, -0.1) is 21.5 Å². The lowest BCUT2D eigenvalue weighted by Crippen LogP contribution is -2.45. The maximum atomic E-state index is 4.43. The molecule has 7 heteroatoms. The van der Waals surface area contributed by atoms with Gasteiger partial charge in [0.1, 0.15) is 0 Å². The van der Waals surface area contributed by atoms with E-state index in [-0.39, 0.29) is 0 Å². The van der Waals surface area contributed by atoms with Crippen molar-refractivity contribution in [1.29, 1.82) is 0 Å². The highest BCUT2D eigenvalue weighted by Gasteiger charge is 2.18. The molecule has 1 fully saturated rings. The number of fused-ring (bicyclic) bond motifs is 1. The number of aryl methyl sites for hydroxylation is 1. The molecule has 0 unspecified atom stereocenters. The van der Waals surface area contributed by atoms with Crippen LogP contribution in [-0.4, -0.2) is 50.9 Å². The Morgan fingerprint density at radius 1 is 1.18 bits per heavy atom. The van der Waals surface area contributed by atoms with E-state index < -0.39 is 0 Å². The molecule has 0 spiro atoms. The number of anilines is 1. The highest BCUT2D eigenvalue weighted by molar-refractivity contribution is 7.09. The van der Waals surface area contributed by atoms with Crippen LogP contribution in [-0.2, 0) is 6.54 Å². The Morgan fingerprint density at radius 2 is 2.05 bits per heavy atom. The van der Waals surface area contributed by atoms with E-state index in [1.54, 1.807) is 4.52 Å². The van der Waals surface area contributed by atoms with Gasteiger partial charge in [0.15, 0.2) is 11.5 Å². The maximum Gasteiger partial charge on any atom is 0.179 e. The quantitative estimate of drug-likeness (QED) is 0.738. The summed E-state index contributed by atoms with van der Waals surface area (Å²) in [4.78, 5) is 6.33. The molecule has 4 rings (SSSR count). The lowest BCUT2D eigenvalue weighted by molar-refractivity contribution is 0.252. The summed E-state index contributed by atoms with van der Waals surface area (Å²) in [5.74, 6) is 0.822. The summed E-state index contributed by atoms with van der Waals surface area (Å²) in [6.07, 6.45) is 1.91. The topological polar surface area (TPSA) is 49.6 Å². The summed E-state index contributed by atoms with van der Waals surface area (Å²) in [6, 6.07) is 6.40. The average Bonchev–Trinajstić information content (AvgIpc) is 3.18. The van der Waals surface area contributed by atoms with E-state index in [4.69, 9.17) is 0 Å². The van der Waals surface area contributed by atoms with Gasteiger partial charge in [0.25, 0.3) is 0 Å². The van der Waals surface area contributed by atoms with E-state index in [2.05, 4.69) is 48.7 Å². The van der Waals surface area contributed by atoms with E-state index in [1.165, 1.54) is 4.88 Å². The minimum Gasteiger partial charge on any atom is -0.368 e. The summed E-state index contributed by atoms with van der Waals surface area (Å²) in [5, 5.41) is 14.8. The first kappa shape index (κ1) is 13.7. The van der Waals surface area contributed by atoms with E-state index in [0.717, 1.165) is 49.9 Å². The Balaban J connectivity index is 1.43. The van der Waals surface area contributed by atoms with Crippen molar-refractivity contribution in [3.8, 4) is 0 Å². The Morgan fingerprint density at radius 3 is 2.82 bits per heavy atom. The van der Waals surface area contributed by atoms with Gasteiger partial charge in [-0.2, -0.15) is 9.61 Å². The number of nitrogens with zero attached hydrogens (tertiary/aromatic N) is 6. The van der Waals surface area contributed by atoms with E-state index in [0.29, 0.717) is 0 Å². The van der Waals surface area contributed by atoms with Crippen LogP contribution in [0.15, 0.2) is 29.8 Å². The zero-order chi connectivity index (χ0) is 14.9. The van der Waals surface area contributed by atoms with Crippen LogP contribution in [0.25, 0.3) is 5.65 Å². The third kappa shape index (κ3) is 2.57. The van der Waals surface area contributed by atoms with Gasteiger partial charge in [-0.1, -0.05) is 6.07 Å². The van der Waals surface area contributed by atoms with Crippen LogP contribution in [0.3, 0.4) is 0 Å². The lowest BCUT2D eigenvalue weighted by Gasteiger charge is -2.35. The standard InChI is InChI=1S/C15H18N6S/c1-12-17-18-15-9-13(10-16-21(12)15)20-6-4-19(5-7-20)11-14-3-2-8-22-14/h2-3,8-10H,4-7,11H2,1H3. The molecule has 3 aromatic rings. The van der Waals surface area contributed by atoms with Gasteiger partial charge in [-0.3, -0.25) is 4.90 Å².